The maximum absolute atomic E-state index is 12.7. The van der Waals surface area contributed by atoms with E-state index in [1.54, 1.807) is 30.6 Å². The maximum atomic E-state index is 12.7. The summed E-state index contributed by atoms with van der Waals surface area (Å²) in [5.74, 6) is 0.244. The molecule has 1 aliphatic heterocycles. The van der Waals surface area contributed by atoms with E-state index in [0.717, 1.165) is 30.1 Å². The Balaban J connectivity index is 1.78. The molecule has 2 aromatic rings. The number of aryl methyl sites for hydroxylation is 3. The number of rotatable bonds is 2. The second kappa shape index (κ2) is 6.28. The summed E-state index contributed by atoms with van der Waals surface area (Å²) in [7, 11) is 1.68. The first-order valence-corrected chi connectivity index (χ1v) is 8.67. The molecule has 2 aromatic heterocycles. The minimum absolute atomic E-state index is 0.0580. The molecule has 0 N–H and O–H groups in total. The number of carbonyl (C=O) groups excluding carboxylic acids is 1. The number of hydrogen-bond donors (Lipinski definition) is 0. The Labute approximate surface area is 139 Å². The number of likely N-dealkylation sites (tertiary alicyclic amines) is 1. The monoisotopic (exact) mass is 331 g/mol. The van der Waals surface area contributed by atoms with Crippen molar-refractivity contribution in [3.63, 3.8) is 0 Å². The molecule has 1 atom stereocenters. The fourth-order valence-electron chi connectivity index (χ4n) is 2.90. The van der Waals surface area contributed by atoms with Gasteiger partial charge in [-0.2, -0.15) is 0 Å². The van der Waals surface area contributed by atoms with Crippen molar-refractivity contribution in [3.8, 4) is 0 Å². The van der Waals surface area contributed by atoms with E-state index in [1.165, 1.54) is 15.5 Å². The number of carbonyl (C=O) groups is 1. The molecular weight excluding hydrogens is 310 g/mol. The van der Waals surface area contributed by atoms with Crippen molar-refractivity contribution in [1.29, 1.82) is 0 Å². The molecule has 23 heavy (non-hydrogen) atoms. The molecule has 0 aliphatic carbocycles. The first-order chi connectivity index (χ1) is 11.0. The highest BCUT2D eigenvalue weighted by atomic mass is 32.1. The van der Waals surface area contributed by atoms with Crippen LogP contribution in [0.15, 0.2) is 23.1 Å². The Hall–Kier alpha value is -1.95. The van der Waals surface area contributed by atoms with Crippen LogP contribution in [0.5, 0.6) is 0 Å². The van der Waals surface area contributed by atoms with Crippen LogP contribution < -0.4 is 5.56 Å². The summed E-state index contributed by atoms with van der Waals surface area (Å²) in [6.07, 6.45) is 3.68. The van der Waals surface area contributed by atoms with Crippen molar-refractivity contribution in [2.45, 2.75) is 32.6 Å². The van der Waals surface area contributed by atoms with E-state index < -0.39 is 0 Å². The van der Waals surface area contributed by atoms with Crippen molar-refractivity contribution in [3.05, 3.63) is 49.8 Å². The second-order valence-corrected chi connectivity index (χ2v) is 7.38. The number of aromatic nitrogens is 2. The van der Waals surface area contributed by atoms with Gasteiger partial charge >= 0.3 is 0 Å². The molecule has 0 radical (unpaired) electrons. The number of nitrogens with zero attached hydrogens (tertiary/aromatic N) is 3. The number of hydrogen-bond acceptors (Lipinski definition) is 4. The third-order valence-electron chi connectivity index (χ3n) is 4.45. The Bertz CT molecular complexity index is 774. The fraction of sp³-hybridized carbons (Fsp3) is 0.471. The average molecular weight is 331 g/mol. The molecule has 3 heterocycles. The van der Waals surface area contributed by atoms with Crippen LogP contribution in [0.25, 0.3) is 0 Å². The van der Waals surface area contributed by atoms with Crippen LogP contribution in [0.4, 0.5) is 0 Å². The van der Waals surface area contributed by atoms with Crippen LogP contribution in [0.3, 0.4) is 0 Å². The van der Waals surface area contributed by atoms with E-state index >= 15 is 0 Å². The molecule has 1 saturated heterocycles. The summed E-state index contributed by atoms with van der Waals surface area (Å²) < 4.78 is 1.47. The van der Waals surface area contributed by atoms with Crippen LogP contribution in [0, 0.1) is 13.8 Å². The molecule has 1 aliphatic rings. The van der Waals surface area contributed by atoms with Crippen LogP contribution in [-0.4, -0.2) is 33.4 Å². The van der Waals surface area contributed by atoms with Crippen molar-refractivity contribution in [2.75, 3.05) is 13.1 Å². The van der Waals surface area contributed by atoms with Gasteiger partial charge in [-0.15, -0.1) is 11.3 Å². The summed E-state index contributed by atoms with van der Waals surface area (Å²) in [5, 5.41) is 1.13. The number of piperidine rings is 1. The van der Waals surface area contributed by atoms with Gasteiger partial charge < -0.3 is 9.47 Å². The van der Waals surface area contributed by atoms with Crippen LogP contribution in [0.2, 0.25) is 0 Å². The first-order valence-electron chi connectivity index (χ1n) is 7.85. The molecule has 0 unspecified atom stereocenters. The minimum Gasteiger partial charge on any atom is -0.338 e. The SMILES string of the molecule is Cc1nc([C@H]2CCCN(C(=O)c3ccn(C)c(=O)c3)C2)sc1C. The summed E-state index contributed by atoms with van der Waals surface area (Å²) in [4.78, 5) is 32.2. The van der Waals surface area contributed by atoms with Gasteiger partial charge in [0.25, 0.3) is 11.5 Å². The van der Waals surface area contributed by atoms with E-state index in [1.807, 2.05) is 11.8 Å². The van der Waals surface area contributed by atoms with Gasteiger partial charge in [0, 0.05) is 48.8 Å². The lowest BCUT2D eigenvalue weighted by Gasteiger charge is -2.32. The van der Waals surface area contributed by atoms with Gasteiger partial charge in [-0.25, -0.2) is 4.98 Å². The third-order valence-corrected chi connectivity index (χ3v) is 5.69. The molecule has 1 amide bonds. The lowest BCUT2D eigenvalue weighted by Crippen LogP contribution is -2.39. The highest BCUT2D eigenvalue weighted by molar-refractivity contribution is 7.11. The highest BCUT2D eigenvalue weighted by Crippen LogP contribution is 2.31. The van der Waals surface area contributed by atoms with Crippen molar-refractivity contribution in [1.82, 2.24) is 14.5 Å². The molecule has 0 spiro atoms. The summed E-state index contributed by atoms with van der Waals surface area (Å²) in [6.45, 7) is 5.54. The molecule has 0 aromatic carbocycles. The van der Waals surface area contributed by atoms with Crippen LogP contribution in [-0.2, 0) is 7.05 Å². The molecule has 0 bridgehead atoms. The molecule has 6 heteroatoms. The highest BCUT2D eigenvalue weighted by Gasteiger charge is 2.27. The Kier molecular flexibility index (Phi) is 4.35. The molecule has 1 fully saturated rings. The van der Waals surface area contributed by atoms with Gasteiger partial charge in [0.05, 0.1) is 10.7 Å². The van der Waals surface area contributed by atoms with E-state index in [4.69, 9.17) is 0 Å². The number of amides is 1. The van der Waals surface area contributed by atoms with Gasteiger partial charge in [0.2, 0.25) is 0 Å². The van der Waals surface area contributed by atoms with Crippen LogP contribution in [0.1, 0.15) is 44.7 Å². The molecule has 5 nitrogen and oxygen atoms in total. The van der Waals surface area contributed by atoms with Gasteiger partial charge in [-0.3, -0.25) is 9.59 Å². The van der Waals surface area contributed by atoms with Gasteiger partial charge in [-0.05, 0) is 32.8 Å². The number of thiazole rings is 1. The van der Waals surface area contributed by atoms with E-state index in [2.05, 4.69) is 11.9 Å². The molecular formula is C17H21N3O2S. The van der Waals surface area contributed by atoms with Crippen molar-refractivity contribution in [2.24, 2.45) is 7.05 Å². The molecule has 3 rings (SSSR count). The zero-order valence-corrected chi connectivity index (χ0v) is 14.5. The zero-order valence-electron chi connectivity index (χ0n) is 13.7. The predicted octanol–water partition coefficient (Wildman–Crippen LogP) is 2.48. The number of pyridine rings is 1. The summed E-state index contributed by atoms with van der Waals surface area (Å²) >= 11 is 1.73. The fourth-order valence-corrected chi connectivity index (χ4v) is 3.95. The van der Waals surface area contributed by atoms with Crippen molar-refractivity contribution < 1.29 is 4.79 Å². The Morgan fingerprint density at radius 3 is 2.83 bits per heavy atom. The Morgan fingerprint density at radius 1 is 1.39 bits per heavy atom. The summed E-state index contributed by atoms with van der Waals surface area (Å²) in [5.41, 5.74) is 1.40. The van der Waals surface area contributed by atoms with Gasteiger partial charge in [-0.1, -0.05) is 0 Å². The summed E-state index contributed by atoms with van der Waals surface area (Å²) in [6, 6.07) is 3.13. The first kappa shape index (κ1) is 15.9. The Morgan fingerprint density at radius 2 is 2.17 bits per heavy atom. The maximum Gasteiger partial charge on any atom is 0.254 e. The quantitative estimate of drug-likeness (QED) is 0.849. The van der Waals surface area contributed by atoms with Crippen LogP contribution >= 0.6 is 11.3 Å². The van der Waals surface area contributed by atoms with Gasteiger partial charge in [0.15, 0.2) is 0 Å². The van der Waals surface area contributed by atoms with E-state index in [0.29, 0.717) is 18.0 Å². The smallest absolute Gasteiger partial charge is 0.254 e. The standard InChI is InChI=1S/C17H21N3O2S/c1-11-12(2)23-16(18-11)14-5-4-7-20(10-14)17(22)13-6-8-19(3)15(21)9-13/h6,8-9,14H,4-5,7,10H2,1-3H3/t14-/m0/s1. The minimum atomic E-state index is -0.157. The zero-order chi connectivity index (χ0) is 16.6. The largest absolute Gasteiger partial charge is 0.338 e. The average Bonchev–Trinajstić information content (AvgIpc) is 2.89. The second-order valence-electron chi connectivity index (χ2n) is 6.15. The van der Waals surface area contributed by atoms with Crippen molar-refractivity contribution >= 4 is 17.2 Å². The van der Waals surface area contributed by atoms with E-state index in [-0.39, 0.29) is 11.5 Å². The van der Waals surface area contributed by atoms with E-state index in [9.17, 15) is 9.59 Å². The normalized spacial score (nSPS) is 18.2. The lowest BCUT2D eigenvalue weighted by molar-refractivity contribution is 0.0706. The van der Waals surface area contributed by atoms with Gasteiger partial charge in [0.1, 0.15) is 0 Å². The third kappa shape index (κ3) is 3.22. The molecule has 122 valence electrons. The topological polar surface area (TPSA) is 55.2 Å². The molecule has 0 saturated carbocycles. The lowest BCUT2D eigenvalue weighted by atomic mass is 9.98. The predicted molar refractivity (Wildman–Crippen MR) is 91.1 cm³/mol.